The lowest BCUT2D eigenvalue weighted by Gasteiger charge is -2.28. The minimum Gasteiger partial charge on any atom is -0.465 e. The van der Waals surface area contributed by atoms with Crippen LogP contribution in [-0.4, -0.2) is 48.6 Å². The van der Waals surface area contributed by atoms with Crippen molar-refractivity contribution in [3.63, 3.8) is 0 Å². The number of hydrogen-bond donors (Lipinski definition) is 1. The van der Waals surface area contributed by atoms with Crippen LogP contribution in [0.5, 0.6) is 0 Å². The summed E-state index contributed by atoms with van der Waals surface area (Å²) in [5.41, 5.74) is 0. The number of ether oxygens (including phenoxy) is 1. The first-order chi connectivity index (χ1) is 9.11. The lowest BCUT2D eigenvalue weighted by atomic mass is 10.2. The number of hydrogen-bond acceptors (Lipinski definition) is 4. The van der Waals surface area contributed by atoms with Gasteiger partial charge in [0.25, 0.3) is 0 Å². The van der Waals surface area contributed by atoms with Gasteiger partial charge in [-0.3, -0.25) is 14.5 Å². The molecule has 0 spiro atoms. The van der Waals surface area contributed by atoms with Crippen LogP contribution in [0, 0.1) is 0 Å². The molecule has 1 amide bonds. The molecule has 5 heteroatoms. The fourth-order valence-electron chi connectivity index (χ4n) is 2.43. The fourth-order valence-corrected chi connectivity index (χ4v) is 2.43. The average Bonchev–Trinajstić information content (AvgIpc) is 2.87. The average molecular weight is 270 g/mol. The summed E-state index contributed by atoms with van der Waals surface area (Å²) in [4.78, 5) is 25.8. The summed E-state index contributed by atoms with van der Waals surface area (Å²) in [7, 11) is 0. The van der Waals surface area contributed by atoms with Gasteiger partial charge in [0.2, 0.25) is 5.91 Å². The number of rotatable bonds is 7. The zero-order valence-corrected chi connectivity index (χ0v) is 12.3. The largest absolute Gasteiger partial charge is 0.465 e. The smallest absolute Gasteiger partial charge is 0.323 e. The Kier molecular flexibility index (Phi) is 6.84. The normalized spacial score (nSPS) is 21.1. The predicted octanol–water partition coefficient (Wildman–Crippen LogP) is 1.32. The van der Waals surface area contributed by atoms with E-state index >= 15 is 0 Å². The molecule has 1 rings (SSSR count). The topological polar surface area (TPSA) is 58.6 Å². The quantitative estimate of drug-likeness (QED) is 0.560. The van der Waals surface area contributed by atoms with Gasteiger partial charge in [0.05, 0.1) is 12.6 Å². The molecule has 1 aliphatic rings. The Balaban J connectivity index is 2.51. The Morgan fingerprint density at radius 1 is 1.42 bits per heavy atom. The minimum atomic E-state index is -0.270. The first kappa shape index (κ1) is 16.0. The van der Waals surface area contributed by atoms with Gasteiger partial charge >= 0.3 is 5.97 Å². The van der Waals surface area contributed by atoms with E-state index < -0.39 is 0 Å². The first-order valence-corrected chi connectivity index (χ1v) is 7.31. The maximum Gasteiger partial charge on any atom is 0.323 e. The first-order valence-electron chi connectivity index (χ1n) is 7.31. The molecule has 0 aromatic carbocycles. The van der Waals surface area contributed by atoms with Crippen LogP contribution in [0.3, 0.4) is 0 Å². The summed E-state index contributed by atoms with van der Waals surface area (Å²) in [6.07, 6.45) is 3.77. The SMILES string of the molecule is CCCCNC(=O)C(C)N1CCCC1C(=O)OCC. The van der Waals surface area contributed by atoms with Crippen molar-refractivity contribution in [1.82, 2.24) is 10.2 Å². The van der Waals surface area contributed by atoms with Crippen LogP contribution in [-0.2, 0) is 14.3 Å². The van der Waals surface area contributed by atoms with Crippen LogP contribution in [0.1, 0.15) is 46.5 Å². The van der Waals surface area contributed by atoms with Crippen molar-refractivity contribution in [3.8, 4) is 0 Å². The van der Waals surface area contributed by atoms with E-state index in [0.29, 0.717) is 13.2 Å². The number of likely N-dealkylation sites (tertiary alicyclic amines) is 1. The Morgan fingerprint density at radius 3 is 2.79 bits per heavy atom. The van der Waals surface area contributed by atoms with Gasteiger partial charge in [0.1, 0.15) is 6.04 Å². The second kappa shape index (κ2) is 8.15. The van der Waals surface area contributed by atoms with Gasteiger partial charge in [-0.25, -0.2) is 0 Å². The van der Waals surface area contributed by atoms with Crippen molar-refractivity contribution in [3.05, 3.63) is 0 Å². The maximum atomic E-state index is 12.0. The van der Waals surface area contributed by atoms with E-state index in [0.717, 1.165) is 32.2 Å². The van der Waals surface area contributed by atoms with E-state index in [1.807, 2.05) is 11.8 Å². The van der Waals surface area contributed by atoms with Crippen LogP contribution in [0.15, 0.2) is 0 Å². The van der Waals surface area contributed by atoms with Crippen LogP contribution < -0.4 is 5.32 Å². The zero-order valence-electron chi connectivity index (χ0n) is 12.3. The second-order valence-electron chi connectivity index (χ2n) is 4.97. The third kappa shape index (κ3) is 4.49. The van der Waals surface area contributed by atoms with Crippen LogP contribution in [0.25, 0.3) is 0 Å². The molecule has 19 heavy (non-hydrogen) atoms. The molecule has 1 fully saturated rings. The van der Waals surface area contributed by atoms with Gasteiger partial charge in [0, 0.05) is 6.54 Å². The predicted molar refractivity (Wildman–Crippen MR) is 73.7 cm³/mol. The molecule has 0 radical (unpaired) electrons. The molecular weight excluding hydrogens is 244 g/mol. The van der Waals surface area contributed by atoms with Gasteiger partial charge in [-0.2, -0.15) is 0 Å². The summed E-state index contributed by atoms with van der Waals surface area (Å²) < 4.78 is 5.07. The second-order valence-corrected chi connectivity index (χ2v) is 4.97. The monoisotopic (exact) mass is 270 g/mol. The highest BCUT2D eigenvalue weighted by Crippen LogP contribution is 2.21. The van der Waals surface area contributed by atoms with Crippen molar-refractivity contribution in [1.29, 1.82) is 0 Å². The lowest BCUT2D eigenvalue weighted by Crippen LogP contribution is -2.50. The van der Waals surface area contributed by atoms with Crippen LogP contribution >= 0.6 is 0 Å². The number of unbranched alkanes of at least 4 members (excludes halogenated alkanes) is 1. The molecule has 0 bridgehead atoms. The number of amides is 1. The summed E-state index contributed by atoms with van der Waals surface area (Å²) >= 11 is 0. The Bertz CT molecular complexity index is 307. The molecular formula is C14H26N2O3. The van der Waals surface area contributed by atoms with E-state index in [-0.39, 0.29) is 24.0 Å². The molecule has 1 saturated heterocycles. The van der Waals surface area contributed by atoms with Gasteiger partial charge in [0.15, 0.2) is 0 Å². The molecule has 0 aliphatic carbocycles. The van der Waals surface area contributed by atoms with Gasteiger partial charge in [-0.1, -0.05) is 13.3 Å². The van der Waals surface area contributed by atoms with Gasteiger partial charge < -0.3 is 10.1 Å². The van der Waals surface area contributed by atoms with Crippen LogP contribution in [0.2, 0.25) is 0 Å². The number of carbonyl (C=O) groups is 2. The third-order valence-corrected chi connectivity index (χ3v) is 3.56. The molecule has 0 aromatic heterocycles. The molecule has 1 aliphatic heterocycles. The molecule has 0 aromatic rings. The number of nitrogens with zero attached hydrogens (tertiary/aromatic N) is 1. The molecule has 110 valence electrons. The molecule has 1 N–H and O–H groups in total. The maximum absolute atomic E-state index is 12.0. The van der Waals surface area contributed by atoms with Crippen molar-refractivity contribution < 1.29 is 14.3 Å². The highest BCUT2D eigenvalue weighted by atomic mass is 16.5. The Morgan fingerprint density at radius 2 is 2.16 bits per heavy atom. The van der Waals surface area contributed by atoms with Gasteiger partial charge in [-0.15, -0.1) is 0 Å². The molecule has 2 unspecified atom stereocenters. The minimum absolute atomic E-state index is 0.00430. The standard InChI is InChI=1S/C14H26N2O3/c1-4-6-9-15-13(17)11(3)16-10-7-8-12(16)14(18)19-5-2/h11-12H,4-10H2,1-3H3,(H,15,17). The summed E-state index contributed by atoms with van der Waals surface area (Å²) in [5.74, 6) is -0.196. The highest BCUT2D eigenvalue weighted by molar-refractivity contribution is 5.83. The summed E-state index contributed by atoms with van der Waals surface area (Å²) in [6.45, 7) is 7.63. The van der Waals surface area contributed by atoms with Crippen molar-refractivity contribution in [2.45, 2.75) is 58.5 Å². The van der Waals surface area contributed by atoms with Gasteiger partial charge in [-0.05, 0) is 39.7 Å². The molecule has 1 heterocycles. The van der Waals surface area contributed by atoms with E-state index in [1.165, 1.54) is 0 Å². The van der Waals surface area contributed by atoms with Crippen molar-refractivity contribution in [2.24, 2.45) is 0 Å². The highest BCUT2D eigenvalue weighted by Gasteiger charge is 2.37. The lowest BCUT2D eigenvalue weighted by molar-refractivity contribution is -0.149. The third-order valence-electron chi connectivity index (χ3n) is 3.56. The number of carbonyl (C=O) groups excluding carboxylic acids is 2. The van der Waals surface area contributed by atoms with E-state index in [2.05, 4.69) is 12.2 Å². The van der Waals surface area contributed by atoms with Crippen molar-refractivity contribution in [2.75, 3.05) is 19.7 Å². The Labute approximate surface area is 115 Å². The van der Waals surface area contributed by atoms with E-state index in [1.54, 1.807) is 6.92 Å². The van der Waals surface area contributed by atoms with Crippen molar-refractivity contribution >= 4 is 11.9 Å². The molecule has 2 atom stereocenters. The summed E-state index contributed by atoms with van der Waals surface area (Å²) in [5, 5.41) is 2.92. The van der Waals surface area contributed by atoms with Crippen LogP contribution in [0.4, 0.5) is 0 Å². The number of esters is 1. The zero-order chi connectivity index (χ0) is 14.3. The number of nitrogens with one attached hydrogen (secondary N) is 1. The Hall–Kier alpha value is -1.10. The van der Waals surface area contributed by atoms with E-state index in [4.69, 9.17) is 4.74 Å². The summed E-state index contributed by atoms with van der Waals surface area (Å²) in [6, 6.07) is -0.527. The fraction of sp³-hybridized carbons (Fsp3) is 0.857. The molecule has 0 saturated carbocycles. The molecule has 5 nitrogen and oxygen atoms in total. The van der Waals surface area contributed by atoms with E-state index in [9.17, 15) is 9.59 Å².